The number of hydrogen-bond acceptors (Lipinski definition) is 7. The molecule has 0 spiro atoms. The van der Waals surface area contributed by atoms with Crippen molar-refractivity contribution in [2.75, 3.05) is 5.32 Å². The predicted octanol–water partition coefficient (Wildman–Crippen LogP) is 3.20. The maximum atomic E-state index is 12.2. The fraction of sp³-hybridized carbons (Fsp3) is 0.150. The molecule has 0 fully saturated rings. The average molecular weight is 414 g/mol. The molecule has 0 unspecified atom stereocenters. The molecule has 0 aliphatic heterocycles. The molecule has 0 saturated carbocycles. The summed E-state index contributed by atoms with van der Waals surface area (Å²) in [7, 11) is 0. The van der Waals surface area contributed by atoms with Gasteiger partial charge in [0, 0.05) is 0 Å². The molecule has 2 aromatic heterocycles. The van der Waals surface area contributed by atoms with Crippen molar-refractivity contribution >= 4 is 34.1 Å². The number of primary amides is 1. The van der Waals surface area contributed by atoms with Gasteiger partial charge in [-0.05, 0) is 42.6 Å². The molecule has 2 heterocycles. The van der Waals surface area contributed by atoms with Crippen LogP contribution in [0.15, 0.2) is 58.3 Å². The van der Waals surface area contributed by atoms with Gasteiger partial charge in [0.2, 0.25) is 5.76 Å². The highest BCUT2D eigenvalue weighted by Gasteiger charge is 2.23. The van der Waals surface area contributed by atoms with Gasteiger partial charge in [-0.2, -0.15) is 0 Å². The van der Waals surface area contributed by atoms with E-state index in [2.05, 4.69) is 5.32 Å². The Morgan fingerprint density at radius 1 is 1.14 bits per heavy atom. The topological polar surface area (TPSA) is 121 Å². The Hall–Kier alpha value is -3.59. The largest absolute Gasteiger partial charge is 0.486 e. The zero-order valence-electron chi connectivity index (χ0n) is 15.4. The summed E-state index contributed by atoms with van der Waals surface area (Å²) in [4.78, 5) is 35.8. The first kappa shape index (κ1) is 20.2. The number of carbonyl (C=O) groups is 3. The second-order valence-corrected chi connectivity index (χ2v) is 6.85. The lowest BCUT2D eigenvalue weighted by atomic mass is 10.3. The van der Waals surface area contributed by atoms with Gasteiger partial charge >= 0.3 is 5.97 Å². The first-order chi connectivity index (χ1) is 13.9. The van der Waals surface area contributed by atoms with E-state index in [-0.39, 0.29) is 17.9 Å². The van der Waals surface area contributed by atoms with E-state index in [0.717, 1.165) is 11.3 Å². The fourth-order valence-corrected chi connectivity index (χ4v) is 3.12. The molecule has 3 rings (SSSR count). The SMILES string of the molecule is C[C@H](OC(=O)c1ccc(COc2ccccc2)o1)C(=O)Nc1sccc1C(N)=O. The maximum absolute atomic E-state index is 12.2. The van der Waals surface area contributed by atoms with Crippen LogP contribution in [0.4, 0.5) is 5.00 Å². The first-order valence-electron chi connectivity index (χ1n) is 8.59. The van der Waals surface area contributed by atoms with Gasteiger partial charge in [0.25, 0.3) is 11.8 Å². The summed E-state index contributed by atoms with van der Waals surface area (Å²) >= 11 is 1.14. The number of thiophene rings is 1. The Bertz CT molecular complexity index is 1010. The molecule has 0 bridgehead atoms. The molecule has 0 radical (unpaired) electrons. The molecule has 0 aliphatic rings. The summed E-state index contributed by atoms with van der Waals surface area (Å²) in [5.41, 5.74) is 5.43. The van der Waals surface area contributed by atoms with E-state index in [0.29, 0.717) is 16.5 Å². The number of rotatable bonds is 8. The summed E-state index contributed by atoms with van der Waals surface area (Å²) < 4.78 is 16.1. The molecular weight excluding hydrogens is 396 g/mol. The number of ether oxygens (including phenoxy) is 2. The number of nitrogens with one attached hydrogen (secondary N) is 1. The molecule has 3 aromatic rings. The number of hydrogen-bond donors (Lipinski definition) is 2. The van der Waals surface area contributed by atoms with Gasteiger partial charge in [-0.3, -0.25) is 9.59 Å². The Balaban J connectivity index is 1.54. The van der Waals surface area contributed by atoms with Crippen molar-refractivity contribution in [1.29, 1.82) is 0 Å². The van der Waals surface area contributed by atoms with Crippen molar-refractivity contribution in [2.45, 2.75) is 19.6 Å². The minimum absolute atomic E-state index is 0.0507. The second kappa shape index (κ2) is 9.07. The van der Waals surface area contributed by atoms with Crippen molar-refractivity contribution in [2.24, 2.45) is 5.73 Å². The van der Waals surface area contributed by atoms with Crippen LogP contribution in [-0.4, -0.2) is 23.9 Å². The van der Waals surface area contributed by atoms with Gasteiger partial charge in [-0.1, -0.05) is 18.2 Å². The number of anilines is 1. The lowest BCUT2D eigenvalue weighted by molar-refractivity contribution is -0.123. The Morgan fingerprint density at radius 3 is 2.62 bits per heavy atom. The van der Waals surface area contributed by atoms with Crippen LogP contribution in [0.5, 0.6) is 5.75 Å². The minimum Gasteiger partial charge on any atom is -0.486 e. The molecule has 1 atom stereocenters. The smallest absolute Gasteiger partial charge is 0.375 e. The molecule has 29 heavy (non-hydrogen) atoms. The number of carbonyl (C=O) groups excluding carboxylic acids is 3. The first-order valence-corrected chi connectivity index (χ1v) is 9.47. The van der Waals surface area contributed by atoms with E-state index in [1.807, 2.05) is 18.2 Å². The number of para-hydroxylation sites is 1. The monoisotopic (exact) mass is 414 g/mol. The van der Waals surface area contributed by atoms with Crippen LogP contribution >= 0.6 is 11.3 Å². The summed E-state index contributed by atoms with van der Waals surface area (Å²) in [6.07, 6.45) is -1.11. The Morgan fingerprint density at radius 2 is 1.90 bits per heavy atom. The van der Waals surface area contributed by atoms with E-state index >= 15 is 0 Å². The summed E-state index contributed by atoms with van der Waals surface area (Å²) in [5.74, 6) is -0.996. The highest BCUT2D eigenvalue weighted by atomic mass is 32.1. The number of furan rings is 1. The third kappa shape index (κ3) is 5.23. The average Bonchev–Trinajstić information content (AvgIpc) is 3.36. The molecule has 0 aliphatic carbocycles. The molecule has 1 aromatic carbocycles. The van der Waals surface area contributed by atoms with Gasteiger partial charge in [0.1, 0.15) is 23.1 Å². The van der Waals surface area contributed by atoms with E-state index in [9.17, 15) is 14.4 Å². The van der Waals surface area contributed by atoms with Crippen molar-refractivity contribution in [1.82, 2.24) is 0 Å². The van der Waals surface area contributed by atoms with Gasteiger partial charge in [0.15, 0.2) is 6.10 Å². The van der Waals surface area contributed by atoms with Crippen LogP contribution in [0.3, 0.4) is 0 Å². The van der Waals surface area contributed by atoms with Gasteiger partial charge in [-0.15, -0.1) is 11.3 Å². The normalized spacial score (nSPS) is 11.5. The van der Waals surface area contributed by atoms with E-state index in [4.69, 9.17) is 19.6 Å². The third-order valence-electron chi connectivity index (χ3n) is 3.81. The molecule has 150 valence electrons. The van der Waals surface area contributed by atoms with Gasteiger partial charge in [0.05, 0.1) is 5.56 Å². The molecular formula is C20H18N2O6S. The molecule has 3 N–H and O–H groups in total. The molecule has 2 amide bonds. The van der Waals surface area contributed by atoms with Gasteiger partial charge in [-0.25, -0.2) is 4.79 Å². The lowest BCUT2D eigenvalue weighted by Crippen LogP contribution is -2.30. The lowest BCUT2D eigenvalue weighted by Gasteiger charge is -2.12. The van der Waals surface area contributed by atoms with Crippen LogP contribution in [0.2, 0.25) is 0 Å². The zero-order valence-corrected chi connectivity index (χ0v) is 16.2. The Labute approximate surface area is 170 Å². The van der Waals surface area contributed by atoms with Crippen molar-refractivity contribution in [3.8, 4) is 5.75 Å². The molecule has 9 heteroatoms. The predicted molar refractivity (Wildman–Crippen MR) is 106 cm³/mol. The van der Waals surface area contributed by atoms with Crippen LogP contribution < -0.4 is 15.8 Å². The quantitative estimate of drug-likeness (QED) is 0.546. The van der Waals surface area contributed by atoms with Crippen LogP contribution in [0.1, 0.15) is 33.6 Å². The second-order valence-electron chi connectivity index (χ2n) is 5.93. The van der Waals surface area contributed by atoms with Crippen LogP contribution in [0, 0.1) is 0 Å². The Kier molecular flexibility index (Phi) is 6.30. The van der Waals surface area contributed by atoms with Crippen molar-refractivity contribution in [3.63, 3.8) is 0 Å². The molecule has 0 saturated heterocycles. The molecule has 8 nitrogen and oxygen atoms in total. The van der Waals surface area contributed by atoms with Crippen molar-refractivity contribution in [3.05, 3.63) is 71.0 Å². The number of nitrogens with two attached hydrogens (primary N) is 1. The summed E-state index contributed by atoms with van der Waals surface area (Å²) in [5, 5.41) is 4.44. The van der Waals surface area contributed by atoms with Crippen LogP contribution in [0.25, 0.3) is 0 Å². The summed E-state index contributed by atoms with van der Waals surface area (Å²) in [6, 6.07) is 13.7. The maximum Gasteiger partial charge on any atom is 0.375 e. The summed E-state index contributed by atoms with van der Waals surface area (Å²) in [6.45, 7) is 1.55. The number of esters is 1. The standard InChI is InChI=1S/C20H18N2O6S/c1-12(18(24)22-19-15(17(21)23)9-10-29-19)27-20(25)16-8-7-14(28-16)11-26-13-5-3-2-4-6-13/h2-10,12H,11H2,1H3,(H2,21,23)(H,22,24)/t12-/m0/s1. The van der Waals surface area contributed by atoms with Crippen LogP contribution in [-0.2, 0) is 16.1 Å². The van der Waals surface area contributed by atoms with E-state index in [1.54, 1.807) is 23.6 Å². The number of amides is 2. The highest BCUT2D eigenvalue weighted by molar-refractivity contribution is 7.14. The van der Waals surface area contributed by atoms with Crippen molar-refractivity contribution < 1.29 is 28.3 Å². The third-order valence-corrected chi connectivity index (χ3v) is 4.64. The number of benzene rings is 1. The van der Waals surface area contributed by atoms with E-state index < -0.39 is 23.9 Å². The highest BCUT2D eigenvalue weighted by Crippen LogP contribution is 2.23. The van der Waals surface area contributed by atoms with E-state index in [1.165, 1.54) is 19.1 Å². The minimum atomic E-state index is -1.11. The fourth-order valence-electron chi connectivity index (χ4n) is 2.32. The van der Waals surface area contributed by atoms with Gasteiger partial charge < -0.3 is 24.9 Å². The zero-order chi connectivity index (χ0) is 20.8.